The van der Waals surface area contributed by atoms with Gasteiger partial charge in [0, 0.05) is 5.56 Å². The minimum atomic E-state index is 0.00433. The third-order valence-electron chi connectivity index (χ3n) is 2.97. The van der Waals surface area contributed by atoms with E-state index in [9.17, 15) is 4.79 Å². The molecule has 0 fully saturated rings. The summed E-state index contributed by atoms with van der Waals surface area (Å²) < 4.78 is 6.83. The summed E-state index contributed by atoms with van der Waals surface area (Å²) in [6, 6.07) is 9.23. The fourth-order valence-electron chi connectivity index (χ4n) is 1.93. The van der Waals surface area contributed by atoms with Crippen molar-refractivity contribution in [3.8, 4) is 23.1 Å². The van der Waals surface area contributed by atoms with Gasteiger partial charge in [-0.25, -0.2) is 4.68 Å². The number of carbonyl (C=O) groups is 1. The number of hydrogen-bond acceptors (Lipinski definition) is 5. The lowest BCUT2D eigenvalue weighted by molar-refractivity contribution is 0.112. The molecule has 0 aliphatic heterocycles. The fourth-order valence-corrected chi connectivity index (χ4v) is 1.93. The van der Waals surface area contributed by atoms with Gasteiger partial charge in [-0.2, -0.15) is 10.4 Å². The van der Waals surface area contributed by atoms with Crippen molar-refractivity contribution in [1.82, 2.24) is 9.78 Å². The number of hydrogen-bond donors (Lipinski definition) is 1. The number of nitrogens with two attached hydrogens (primary N) is 1. The highest BCUT2D eigenvalue weighted by Crippen LogP contribution is 2.27. The summed E-state index contributed by atoms with van der Waals surface area (Å²) in [6.07, 6.45) is 1.60. The van der Waals surface area contributed by atoms with Gasteiger partial charge in [-0.15, -0.1) is 0 Å². The zero-order valence-corrected chi connectivity index (χ0v) is 11.7. The van der Waals surface area contributed by atoms with Gasteiger partial charge < -0.3 is 10.5 Å². The topological polar surface area (TPSA) is 93.9 Å². The third-order valence-corrected chi connectivity index (χ3v) is 2.97. The number of ether oxygens (including phenoxy) is 1. The number of aromatic nitrogens is 2. The van der Waals surface area contributed by atoms with E-state index in [1.54, 1.807) is 0 Å². The summed E-state index contributed by atoms with van der Waals surface area (Å²) in [5.41, 5.74) is 7.35. The van der Waals surface area contributed by atoms with E-state index in [0.29, 0.717) is 24.2 Å². The summed E-state index contributed by atoms with van der Waals surface area (Å²) in [6.45, 7) is 2.70. The molecule has 0 amide bonds. The van der Waals surface area contributed by atoms with Crippen molar-refractivity contribution in [3.05, 3.63) is 29.8 Å². The molecule has 0 spiro atoms. The Balaban J connectivity index is 2.35. The van der Waals surface area contributed by atoms with Crippen LogP contribution in [0, 0.1) is 11.3 Å². The Labute approximate surface area is 122 Å². The van der Waals surface area contributed by atoms with E-state index in [1.165, 1.54) is 4.68 Å². The highest BCUT2D eigenvalue weighted by atomic mass is 16.5. The standard InChI is InChI=1S/C15H16N4O2/c1-2-9-21-12-5-3-11(4-6-12)14-13(10-20)15(17)19(18-14)8-7-16/h3-6,10H,2,8-9,17H2,1H3. The Morgan fingerprint density at radius 1 is 1.43 bits per heavy atom. The first-order valence-electron chi connectivity index (χ1n) is 6.62. The number of rotatable bonds is 6. The van der Waals surface area contributed by atoms with Crippen LogP contribution in [0.5, 0.6) is 5.75 Å². The second-order valence-corrected chi connectivity index (χ2v) is 4.45. The lowest BCUT2D eigenvalue weighted by Crippen LogP contribution is -2.03. The van der Waals surface area contributed by atoms with Gasteiger partial charge in [0.05, 0.1) is 18.2 Å². The maximum atomic E-state index is 11.2. The number of anilines is 1. The van der Waals surface area contributed by atoms with E-state index >= 15 is 0 Å². The van der Waals surface area contributed by atoms with Gasteiger partial charge in [-0.3, -0.25) is 4.79 Å². The third kappa shape index (κ3) is 3.03. The zero-order valence-electron chi connectivity index (χ0n) is 11.7. The van der Waals surface area contributed by atoms with Gasteiger partial charge in [-0.05, 0) is 30.7 Å². The van der Waals surface area contributed by atoms with E-state index < -0.39 is 0 Å². The molecule has 0 aliphatic rings. The van der Waals surface area contributed by atoms with Gasteiger partial charge in [0.15, 0.2) is 6.29 Å². The number of nitrogens with zero attached hydrogens (tertiary/aromatic N) is 3. The second-order valence-electron chi connectivity index (χ2n) is 4.45. The van der Waals surface area contributed by atoms with E-state index in [1.807, 2.05) is 37.3 Å². The minimum absolute atomic E-state index is 0.00433. The largest absolute Gasteiger partial charge is 0.494 e. The van der Waals surface area contributed by atoms with Crippen LogP contribution in [0.4, 0.5) is 5.82 Å². The molecule has 0 radical (unpaired) electrons. The van der Waals surface area contributed by atoms with Crippen molar-refractivity contribution in [2.45, 2.75) is 19.9 Å². The lowest BCUT2D eigenvalue weighted by atomic mass is 10.1. The maximum Gasteiger partial charge on any atom is 0.156 e. The Bertz CT molecular complexity index is 668. The quantitative estimate of drug-likeness (QED) is 0.821. The van der Waals surface area contributed by atoms with E-state index in [4.69, 9.17) is 15.7 Å². The first-order chi connectivity index (χ1) is 10.2. The summed E-state index contributed by atoms with van der Waals surface area (Å²) >= 11 is 0. The average Bonchev–Trinajstić information content (AvgIpc) is 2.82. The number of aldehydes is 1. The smallest absolute Gasteiger partial charge is 0.156 e. The summed E-state index contributed by atoms with van der Waals surface area (Å²) in [4.78, 5) is 11.2. The van der Waals surface area contributed by atoms with Crippen LogP contribution < -0.4 is 10.5 Å². The van der Waals surface area contributed by atoms with E-state index in [-0.39, 0.29) is 12.4 Å². The monoisotopic (exact) mass is 284 g/mol. The molecule has 0 unspecified atom stereocenters. The van der Waals surface area contributed by atoms with Crippen LogP contribution in [0.15, 0.2) is 24.3 Å². The van der Waals surface area contributed by atoms with Crippen molar-refractivity contribution in [2.75, 3.05) is 12.3 Å². The molecule has 0 atom stereocenters. The SMILES string of the molecule is CCCOc1ccc(-c2nn(CC#N)c(N)c2C=O)cc1. The molecule has 6 heteroatoms. The lowest BCUT2D eigenvalue weighted by Gasteiger charge is -2.05. The molecular weight excluding hydrogens is 268 g/mol. The highest BCUT2D eigenvalue weighted by Gasteiger charge is 2.16. The predicted molar refractivity (Wildman–Crippen MR) is 78.9 cm³/mol. The van der Waals surface area contributed by atoms with Crippen LogP contribution >= 0.6 is 0 Å². The van der Waals surface area contributed by atoms with Gasteiger partial charge in [0.2, 0.25) is 0 Å². The fraction of sp³-hybridized carbons (Fsp3) is 0.267. The molecule has 0 saturated heterocycles. The number of nitriles is 1. The first kappa shape index (κ1) is 14.6. The van der Waals surface area contributed by atoms with Crippen molar-refractivity contribution in [1.29, 1.82) is 5.26 Å². The van der Waals surface area contributed by atoms with Crippen LogP contribution in [0.3, 0.4) is 0 Å². The molecular formula is C15H16N4O2. The number of carbonyl (C=O) groups excluding carboxylic acids is 1. The molecule has 1 aromatic heterocycles. The molecule has 6 nitrogen and oxygen atoms in total. The predicted octanol–water partition coefficient (Wildman–Crippen LogP) is 2.26. The summed E-state index contributed by atoms with van der Waals surface area (Å²) in [5.74, 6) is 0.963. The maximum absolute atomic E-state index is 11.2. The molecule has 1 heterocycles. The van der Waals surface area contributed by atoms with Gasteiger partial charge >= 0.3 is 0 Å². The number of nitrogen functional groups attached to an aromatic ring is 1. The molecule has 0 saturated carbocycles. The average molecular weight is 284 g/mol. The Morgan fingerprint density at radius 2 is 2.14 bits per heavy atom. The Kier molecular flexibility index (Phi) is 4.57. The van der Waals surface area contributed by atoms with Crippen molar-refractivity contribution in [3.63, 3.8) is 0 Å². The van der Waals surface area contributed by atoms with Gasteiger partial charge in [-0.1, -0.05) is 6.92 Å². The van der Waals surface area contributed by atoms with Gasteiger partial charge in [0.1, 0.15) is 23.8 Å². The Hall–Kier alpha value is -2.81. The minimum Gasteiger partial charge on any atom is -0.494 e. The zero-order chi connectivity index (χ0) is 15.2. The van der Waals surface area contributed by atoms with Crippen LogP contribution in [-0.2, 0) is 6.54 Å². The van der Waals surface area contributed by atoms with Crippen LogP contribution in [-0.4, -0.2) is 22.7 Å². The molecule has 2 N–H and O–H groups in total. The van der Waals surface area contributed by atoms with Crippen molar-refractivity contribution >= 4 is 12.1 Å². The Morgan fingerprint density at radius 3 is 2.71 bits per heavy atom. The summed E-state index contributed by atoms with van der Waals surface area (Å²) in [5, 5.41) is 13.0. The van der Waals surface area contributed by atoms with Crippen LogP contribution in [0.1, 0.15) is 23.7 Å². The molecule has 2 aromatic rings. The van der Waals surface area contributed by atoms with Crippen LogP contribution in [0.2, 0.25) is 0 Å². The normalized spacial score (nSPS) is 10.1. The summed E-state index contributed by atoms with van der Waals surface area (Å²) in [7, 11) is 0. The van der Waals surface area contributed by atoms with Gasteiger partial charge in [0.25, 0.3) is 0 Å². The van der Waals surface area contributed by atoms with E-state index in [0.717, 1.165) is 17.7 Å². The van der Waals surface area contributed by atoms with E-state index in [2.05, 4.69) is 5.10 Å². The molecule has 2 rings (SSSR count). The molecule has 21 heavy (non-hydrogen) atoms. The van der Waals surface area contributed by atoms with Crippen molar-refractivity contribution < 1.29 is 9.53 Å². The molecule has 1 aromatic carbocycles. The number of benzene rings is 1. The van der Waals surface area contributed by atoms with Crippen LogP contribution in [0.25, 0.3) is 11.3 Å². The molecule has 108 valence electrons. The highest BCUT2D eigenvalue weighted by molar-refractivity contribution is 5.91. The molecule has 0 aliphatic carbocycles. The second kappa shape index (κ2) is 6.57. The van der Waals surface area contributed by atoms with Crippen molar-refractivity contribution in [2.24, 2.45) is 0 Å². The molecule has 0 bridgehead atoms. The first-order valence-corrected chi connectivity index (χ1v) is 6.62.